The average molecular weight is 435 g/mol. The third kappa shape index (κ3) is 4.11. The molecule has 158 valence electrons. The first-order valence-corrected chi connectivity index (χ1v) is 10.5. The molecule has 1 aliphatic heterocycles. The predicted molar refractivity (Wildman–Crippen MR) is 122 cm³/mol. The van der Waals surface area contributed by atoms with E-state index in [0.29, 0.717) is 28.1 Å². The number of hydrogen-bond donors (Lipinski definition) is 1. The van der Waals surface area contributed by atoms with Gasteiger partial charge in [-0.2, -0.15) is 4.98 Å². The third-order valence-electron chi connectivity index (χ3n) is 5.21. The molecule has 0 unspecified atom stereocenters. The fourth-order valence-corrected chi connectivity index (χ4v) is 3.72. The highest BCUT2D eigenvalue weighted by Gasteiger charge is 2.35. The molecule has 1 aromatic heterocycles. The second kappa shape index (κ2) is 8.78. The quantitative estimate of drug-likeness (QED) is 0.427. The first-order chi connectivity index (χ1) is 15.0. The molecule has 2 heterocycles. The van der Waals surface area contributed by atoms with E-state index < -0.39 is 12.0 Å². The molecule has 0 saturated carbocycles. The van der Waals surface area contributed by atoms with Crippen molar-refractivity contribution in [1.82, 2.24) is 14.8 Å². The molecule has 0 saturated heterocycles. The Morgan fingerprint density at radius 2 is 1.94 bits per heavy atom. The average Bonchev–Trinajstić information content (AvgIpc) is 3.20. The molecule has 2 aromatic carbocycles. The number of aryl methyl sites for hydroxylation is 1. The van der Waals surface area contributed by atoms with Gasteiger partial charge in [0.05, 0.1) is 5.57 Å². The summed E-state index contributed by atoms with van der Waals surface area (Å²) in [5.41, 5.74) is 4.15. The number of allylic oxidation sites excluding steroid dienone is 1. The van der Waals surface area contributed by atoms with Gasteiger partial charge in [-0.1, -0.05) is 55.4 Å². The van der Waals surface area contributed by atoms with Crippen LogP contribution >= 0.6 is 11.6 Å². The molecule has 1 N–H and O–H groups in total. The number of nitrogens with one attached hydrogen (secondary N) is 1. The highest BCUT2D eigenvalue weighted by Crippen LogP contribution is 2.37. The number of anilines is 1. The maximum atomic E-state index is 13.0. The van der Waals surface area contributed by atoms with Crippen LogP contribution in [0.15, 0.2) is 72.5 Å². The molecule has 6 nitrogen and oxygen atoms in total. The van der Waals surface area contributed by atoms with Crippen LogP contribution in [0.5, 0.6) is 0 Å². The number of esters is 1. The Balaban J connectivity index is 1.82. The topological polar surface area (TPSA) is 69.0 Å². The van der Waals surface area contributed by atoms with E-state index in [1.807, 2.05) is 31.2 Å². The Bertz CT molecular complexity index is 1150. The summed E-state index contributed by atoms with van der Waals surface area (Å²) in [6.07, 6.45) is 2.49. The van der Waals surface area contributed by atoms with E-state index in [4.69, 9.17) is 21.4 Å². The van der Waals surface area contributed by atoms with Gasteiger partial charge in [-0.05, 0) is 48.7 Å². The van der Waals surface area contributed by atoms with Crippen LogP contribution in [0.3, 0.4) is 0 Å². The number of benzene rings is 2. The summed E-state index contributed by atoms with van der Waals surface area (Å²) >= 11 is 6.02. The van der Waals surface area contributed by atoms with Crippen LogP contribution < -0.4 is 5.32 Å². The summed E-state index contributed by atoms with van der Waals surface area (Å²) in [7, 11) is 0. The van der Waals surface area contributed by atoms with Gasteiger partial charge in [-0.25, -0.2) is 9.48 Å². The fraction of sp³-hybridized carbons (Fsp3) is 0.208. The molecule has 3 aromatic rings. The second-order valence-corrected chi connectivity index (χ2v) is 7.70. The molecule has 7 heteroatoms. The molecule has 0 radical (unpaired) electrons. The summed E-state index contributed by atoms with van der Waals surface area (Å²) in [5.74, 6) is 0.693. The largest absolute Gasteiger partial charge is 0.458 e. The van der Waals surface area contributed by atoms with Crippen LogP contribution in [-0.4, -0.2) is 27.3 Å². The van der Waals surface area contributed by atoms with Crippen molar-refractivity contribution in [3.05, 3.63) is 88.6 Å². The van der Waals surface area contributed by atoms with E-state index >= 15 is 0 Å². The maximum absolute atomic E-state index is 13.0. The normalized spacial score (nSPS) is 15.3. The summed E-state index contributed by atoms with van der Waals surface area (Å²) in [6, 6.07) is 15.1. The van der Waals surface area contributed by atoms with E-state index in [9.17, 15) is 4.79 Å². The van der Waals surface area contributed by atoms with Gasteiger partial charge < -0.3 is 10.1 Å². The lowest BCUT2D eigenvalue weighted by atomic mass is 9.95. The number of fused-ring (bicyclic) bond motifs is 1. The zero-order valence-electron chi connectivity index (χ0n) is 17.4. The lowest BCUT2D eigenvalue weighted by Gasteiger charge is -2.28. The Hall–Kier alpha value is -3.38. The van der Waals surface area contributed by atoms with Crippen molar-refractivity contribution in [3.8, 4) is 11.4 Å². The molecule has 0 bridgehead atoms. The minimum Gasteiger partial charge on any atom is -0.458 e. The molecule has 0 spiro atoms. The molecule has 4 rings (SSSR count). The molecule has 0 fully saturated rings. The zero-order valence-corrected chi connectivity index (χ0v) is 18.2. The molecular weight excluding hydrogens is 412 g/mol. The van der Waals surface area contributed by atoms with E-state index in [0.717, 1.165) is 17.5 Å². The fourth-order valence-electron chi connectivity index (χ4n) is 3.59. The highest BCUT2D eigenvalue weighted by atomic mass is 35.5. The van der Waals surface area contributed by atoms with Gasteiger partial charge in [0.2, 0.25) is 5.95 Å². The SMILES string of the molecule is C=CCOC(=O)C1=C(C)Nc2nc(-c3ccc(Cl)cc3)nn2[C@H]1c1ccc(CC)cc1. The summed E-state index contributed by atoms with van der Waals surface area (Å²) < 4.78 is 7.12. The number of aromatic nitrogens is 3. The molecule has 1 atom stereocenters. The number of halogens is 1. The van der Waals surface area contributed by atoms with Crippen LogP contribution in [0, 0.1) is 0 Å². The predicted octanol–water partition coefficient (Wildman–Crippen LogP) is 5.18. The van der Waals surface area contributed by atoms with Gasteiger partial charge in [0.25, 0.3) is 0 Å². The molecule has 0 aliphatic carbocycles. The Labute approximate surface area is 186 Å². The van der Waals surface area contributed by atoms with E-state index in [-0.39, 0.29) is 6.61 Å². The van der Waals surface area contributed by atoms with Crippen LogP contribution in [0.25, 0.3) is 11.4 Å². The van der Waals surface area contributed by atoms with Crippen molar-refractivity contribution >= 4 is 23.5 Å². The number of rotatable bonds is 6. The van der Waals surface area contributed by atoms with Crippen LogP contribution in [0.4, 0.5) is 5.95 Å². The number of ether oxygens (including phenoxy) is 1. The zero-order chi connectivity index (χ0) is 22.0. The highest BCUT2D eigenvalue weighted by molar-refractivity contribution is 6.30. The van der Waals surface area contributed by atoms with E-state index in [2.05, 4.69) is 35.9 Å². The Kier molecular flexibility index (Phi) is 5.91. The Morgan fingerprint density at radius 3 is 2.58 bits per heavy atom. The van der Waals surface area contributed by atoms with Crippen molar-refractivity contribution in [2.75, 3.05) is 11.9 Å². The number of nitrogens with zero attached hydrogens (tertiary/aromatic N) is 3. The van der Waals surface area contributed by atoms with Crippen LogP contribution in [0.2, 0.25) is 5.02 Å². The molecule has 1 aliphatic rings. The van der Waals surface area contributed by atoms with Crippen molar-refractivity contribution in [2.24, 2.45) is 0 Å². The van der Waals surface area contributed by atoms with Gasteiger partial charge in [-0.15, -0.1) is 5.10 Å². The smallest absolute Gasteiger partial charge is 0.338 e. The monoisotopic (exact) mass is 434 g/mol. The van der Waals surface area contributed by atoms with E-state index in [1.165, 1.54) is 5.56 Å². The number of carbonyl (C=O) groups excluding carboxylic acids is 1. The van der Waals surface area contributed by atoms with E-state index in [1.54, 1.807) is 22.9 Å². The molecular formula is C24H23ClN4O2. The Morgan fingerprint density at radius 1 is 1.23 bits per heavy atom. The van der Waals surface area contributed by atoms with Crippen molar-refractivity contribution < 1.29 is 9.53 Å². The molecule has 31 heavy (non-hydrogen) atoms. The van der Waals surface area contributed by atoms with Crippen LogP contribution in [-0.2, 0) is 16.0 Å². The second-order valence-electron chi connectivity index (χ2n) is 7.26. The van der Waals surface area contributed by atoms with Crippen molar-refractivity contribution in [1.29, 1.82) is 0 Å². The lowest BCUT2D eigenvalue weighted by molar-refractivity contribution is -0.138. The van der Waals surface area contributed by atoms with Gasteiger partial charge in [0.15, 0.2) is 5.82 Å². The van der Waals surface area contributed by atoms with Gasteiger partial charge >= 0.3 is 5.97 Å². The number of hydrogen-bond acceptors (Lipinski definition) is 5. The number of carbonyl (C=O) groups is 1. The van der Waals surface area contributed by atoms with Crippen LogP contribution in [0.1, 0.15) is 31.0 Å². The first-order valence-electron chi connectivity index (χ1n) is 10.1. The summed E-state index contributed by atoms with van der Waals surface area (Å²) in [5, 5.41) is 8.59. The van der Waals surface area contributed by atoms with Gasteiger partial charge in [0, 0.05) is 16.3 Å². The van der Waals surface area contributed by atoms with Gasteiger partial charge in [0.1, 0.15) is 12.6 Å². The minimum atomic E-state index is -0.465. The standard InChI is InChI=1S/C24H23ClN4O2/c1-4-14-31-23(30)20-15(3)26-24-27-22(18-10-12-19(25)13-11-18)28-29(24)21(20)17-8-6-16(5-2)7-9-17/h4,6-13,21H,1,5,14H2,2-3H3,(H,26,27,28)/t21-/m0/s1. The minimum absolute atomic E-state index is 0.136. The van der Waals surface area contributed by atoms with Crippen molar-refractivity contribution in [2.45, 2.75) is 26.3 Å². The van der Waals surface area contributed by atoms with Gasteiger partial charge in [-0.3, -0.25) is 0 Å². The summed E-state index contributed by atoms with van der Waals surface area (Å²) in [4.78, 5) is 17.6. The molecule has 0 amide bonds. The summed E-state index contributed by atoms with van der Waals surface area (Å²) in [6.45, 7) is 7.71. The lowest BCUT2D eigenvalue weighted by Crippen LogP contribution is -2.29. The van der Waals surface area contributed by atoms with Crippen molar-refractivity contribution in [3.63, 3.8) is 0 Å². The first kappa shape index (κ1) is 20.9. The third-order valence-corrected chi connectivity index (χ3v) is 5.46. The maximum Gasteiger partial charge on any atom is 0.338 e.